The molecule has 116 valence electrons. The quantitative estimate of drug-likeness (QED) is 0.760. The summed E-state index contributed by atoms with van der Waals surface area (Å²) in [5, 5.41) is 3.16. The fourth-order valence-corrected chi connectivity index (χ4v) is 1.89. The van der Waals surface area contributed by atoms with E-state index in [1.54, 1.807) is 0 Å². The molecule has 0 spiro atoms. The van der Waals surface area contributed by atoms with E-state index in [-0.39, 0.29) is 12.4 Å². The zero-order valence-electron chi connectivity index (χ0n) is 12.9. The Bertz CT molecular complexity index is 375. The lowest BCUT2D eigenvalue weighted by atomic mass is 10.2. The maximum absolute atomic E-state index is 5.64. The molecule has 0 fully saturated rings. The van der Waals surface area contributed by atoms with Crippen LogP contribution in [0.2, 0.25) is 0 Å². The summed E-state index contributed by atoms with van der Waals surface area (Å²) in [7, 11) is 4.09. The number of rotatable bonds is 9. The number of nitrogens with one attached hydrogen (secondary N) is 1. The molecule has 1 rings (SSSR count). The molecule has 5 heteroatoms. The Morgan fingerprint density at radius 3 is 2.35 bits per heavy atom. The van der Waals surface area contributed by atoms with Crippen molar-refractivity contribution in [1.29, 1.82) is 0 Å². The second-order valence-electron chi connectivity index (χ2n) is 4.49. The van der Waals surface area contributed by atoms with Crippen LogP contribution in [0.25, 0.3) is 0 Å². The summed E-state index contributed by atoms with van der Waals surface area (Å²) < 4.78 is 11.2. The fourth-order valence-electron chi connectivity index (χ4n) is 1.89. The Hall–Kier alpha value is -0.970. The van der Waals surface area contributed by atoms with Crippen molar-refractivity contribution >= 4 is 12.4 Å². The molecular weight excluding hydrogens is 276 g/mol. The van der Waals surface area contributed by atoms with E-state index in [0.717, 1.165) is 31.1 Å². The van der Waals surface area contributed by atoms with Crippen LogP contribution in [0.5, 0.6) is 11.5 Å². The third-order valence-corrected chi connectivity index (χ3v) is 2.80. The molecule has 0 aromatic heterocycles. The Labute approximate surface area is 128 Å². The molecule has 0 aliphatic carbocycles. The van der Waals surface area contributed by atoms with Crippen molar-refractivity contribution < 1.29 is 9.47 Å². The number of benzene rings is 1. The highest BCUT2D eigenvalue weighted by atomic mass is 35.5. The first-order chi connectivity index (χ1) is 9.21. The maximum atomic E-state index is 5.64. The molecule has 1 aromatic carbocycles. The molecule has 0 amide bonds. The molecule has 0 bridgehead atoms. The molecule has 0 heterocycles. The van der Waals surface area contributed by atoms with E-state index in [2.05, 4.69) is 29.4 Å². The van der Waals surface area contributed by atoms with Gasteiger partial charge in [0.25, 0.3) is 0 Å². The van der Waals surface area contributed by atoms with E-state index in [9.17, 15) is 0 Å². The first-order valence-corrected chi connectivity index (χ1v) is 6.92. The molecule has 0 aliphatic rings. The molecule has 4 nitrogen and oxygen atoms in total. The van der Waals surface area contributed by atoms with Crippen molar-refractivity contribution in [3.63, 3.8) is 0 Å². The Kier molecular flexibility index (Phi) is 10.3. The van der Waals surface area contributed by atoms with Crippen molar-refractivity contribution in [3.8, 4) is 11.5 Å². The summed E-state index contributed by atoms with van der Waals surface area (Å²) >= 11 is 0. The van der Waals surface area contributed by atoms with Gasteiger partial charge < -0.3 is 19.7 Å². The van der Waals surface area contributed by atoms with Crippen molar-refractivity contribution in [2.45, 2.75) is 20.4 Å². The van der Waals surface area contributed by atoms with Gasteiger partial charge in [0.2, 0.25) is 0 Å². The second kappa shape index (κ2) is 10.8. The second-order valence-corrected chi connectivity index (χ2v) is 4.49. The SMILES string of the molecule is CCOc1ccc(CN(C)CCNC)cc1OCC.Cl. The highest BCUT2D eigenvalue weighted by Gasteiger charge is 2.07. The maximum Gasteiger partial charge on any atom is 0.161 e. The van der Waals surface area contributed by atoms with Crippen molar-refractivity contribution in [3.05, 3.63) is 23.8 Å². The first kappa shape index (κ1) is 19.0. The van der Waals surface area contributed by atoms with Crippen LogP contribution in [-0.4, -0.2) is 45.3 Å². The molecule has 0 saturated heterocycles. The molecule has 0 aliphatic heterocycles. The van der Waals surface area contributed by atoms with Gasteiger partial charge >= 0.3 is 0 Å². The summed E-state index contributed by atoms with van der Waals surface area (Å²) in [5.74, 6) is 1.66. The predicted molar refractivity (Wildman–Crippen MR) is 86.3 cm³/mol. The minimum absolute atomic E-state index is 0. The first-order valence-electron chi connectivity index (χ1n) is 6.92. The van der Waals surface area contributed by atoms with Crippen LogP contribution in [-0.2, 0) is 6.54 Å². The van der Waals surface area contributed by atoms with Gasteiger partial charge in [-0.2, -0.15) is 0 Å². The summed E-state index contributed by atoms with van der Waals surface area (Å²) in [5.41, 5.74) is 1.24. The molecule has 0 atom stereocenters. The molecule has 20 heavy (non-hydrogen) atoms. The fraction of sp³-hybridized carbons (Fsp3) is 0.600. The Morgan fingerprint density at radius 1 is 1.10 bits per heavy atom. The van der Waals surface area contributed by atoms with Gasteiger partial charge in [-0.25, -0.2) is 0 Å². The normalized spacial score (nSPS) is 10.2. The molecule has 0 saturated carbocycles. The lowest BCUT2D eigenvalue weighted by Gasteiger charge is -2.18. The minimum atomic E-state index is 0. The van der Waals surface area contributed by atoms with Crippen LogP contribution in [0.4, 0.5) is 0 Å². The van der Waals surface area contributed by atoms with Crippen LogP contribution < -0.4 is 14.8 Å². The van der Waals surface area contributed by atoms with E-state index in [1.165, 1.54) is 5.56 Å². The minimum Gasteiger partial charge on any atom is -0.490 e. The van der Waals surface area contributed by atoms with Crippen LogP contribution in [0, 0.1) is 0 Å². The smallest absolute Gasteiger partial charge is 0.161 e. The lowest BCUT2D eigenvalue weighted by Crippen LogP contribution is -2.26. The van der Waals surface area contributed by atoms with Crippen LogP contribution in [0.15, 0.2) is 18.2 Å². The van der Waals surface area contributed by atoms with E-state index >= 15 is 0 Å². The standard InChI is InChI=1S/C15H26N2O2.ClH/c1-5-18-14-8-7-13(11-15(14)19-6-2)12-17(4)10-9-16-3;/h7-8,11,16H,5-6,9-10,12H2,1-4H3;1H. The van der Waals surface area contributed by atoms with Gasteiger partial charge in [0, 0.05) is 19.6 Å². The van der Waals surface area contributed by atoms with Crippen LogP contribution in [0.3, 0.4) is 0 Å². The number of nitrogens with zero attached hydrogens (tertiary/aromatic N) is 1. The summed E-state index contributed by atoms with van der Waals surface area (Å²) in [6, 6.07) is 6.17. The van der Waals surface area contributed by atoms with Gasteiger partial charge in [-0.05, 0) is 45.6 Å². The third-order valence-electron chi connectivity index (χ3n) is 2.80. The van der Waals surface area contributed by atoms with Gasteiger partial charge in [0.1, 0.15) is 0 Å². The average molecular weight is 303 g/mol. The van der Waals surface area contributed by atoms with E-state index in [1.807, 2.05) is 27.0 Å². The number of hydrogen-bond acceptors (Lipinski definition) is 4. The van der Waals surface area contributed by atoms with E-state index in [0.29, 0.717) is 13.2 Å². The van der Waals surface area contributed by atoms with Gasteiger partial charge in [-0.3, -0.25) is 0 Å². The largest absolute Gasteiger partial charge is 0.490 e. The monoisotopic (exact) mass is 302 g/mol. The van der Waals surface area contributed by atoms with Crippen molar-refractivity contribution in [2.24, 2.45) is 0 Å². The third kappa shape index (κ3) is 6.46. The number of ether oxygens (including phenoxy) is 2. The van der Waals surface area contributed by atoms with Gasteiger partial charge in [-0.15, -0.1) is 12.4 Å². The van der Waals surface area contributed by atoms with Crippen LogP contribution in [0.1, 0.15) is 19.4 Å². The number of halogens is 1. The van der Waals surface area contributed by atoms with E-state index in [4.69, 9.17) is 9.47 Å². The Morgan fingerprint density at radius 2 is 1.75 bits per heavy atom. The summed E-state index contributed by atoms with van der Waals surface area (Å²) in [6.07, 6.45) is 0. The van der Waals surface area contributed by atoms with Crippen molar-refractivity contribution in [1.82, 2.24) is 10.2 Å². The van der Waals surface area contributed by atoms with E-state index < -0.39 is 0 Å². The summed E-state index contributed by atoms with van der Waals surface area (Å²) in [4.78, 5) is 2.28. The zero-order chi connectivity index (χ0) is 14.1. The molecule has 1 aromatic rings. The molecular formula is C15H27ClN2O2. The molecule has 0 radical (unpaired) electrons. The van der Waals surface area contributed by atoms with Gasteiger partial charge in [0.05, 0.1) is 13.2 Å². The van der Waals surface area contributed by atoms with Gasteiger partial charge in [-0.1, -0.05) is 6.07 Å². The predicted octanol–water partition coefficient (Wildman–Crippen LogP) is 2.56. The number of hydrogen-bond donors (Lipinski definition) is 1. The van der Waals surface area contributed by atoms with Gasteiger partial charge in [0.15, 0.2) is 11.5 Å². The lowest BCUT2D eigenvalue weighted by molar-refractivity contribution is 0.285. The number of likely N-dealkylation sites (N-methyl/N-ethyl adjacent to an activating group) is 2. The zero-order valence-corrected chi connectivity index (χ0v) is 13.8. The highest BCUT2D eigenvalue weighted by molar-refractivity contribution is 5.85. The van der Waals surface area contributed by atoms with Crippen LogP contribution >= 0.6 is 12.4 Å². The average Bonchev–Trinajstić information content (AvgIpc) is 2.40. The molecule has 1 N–H and O–H groups in total. The topological polar surface area (TPSA) is 33.7 Å². The highest BCUT2D eigenvalue weighted by Crippen LogP contribution is 2.28. The molecule has 0 unspecified atom stereocenters. The summed E-state index contributed by atoms with van der Waals surface area (Å²) in [6.45, 7) is 8.20. The Balaban J connectivity index is 0.00000361. The van der Waals surface area contributed by atoms with Crippen molar-refractivity contribution in [2.75, 3.05) is 40.4 Å².